The summed E-state index contributed by atoms with van der Waals surface area (Å²) in [6.07, 6.45) is 1.58. The summed E-state index contributed by atoms with van der Waals surface area (Å²) in [7, 11) is 1.71. The molecule has 0 saturated heterocycles. The number of nitrogens with zero attached hydrogens (tertiary/aromatic N) is 2. The number of aryl methyl sites for hydroxylation is 2. The highest BCUT2D eigenvalue weighted by Gasteiger charge is 2.17. The zero-order valence-corrected chi connectivity index (χ0v) is 14.0. The first kappa shape index (κ1) is 15.6. The predicted octanol–water partition coefficient (Wildman–Crippen LogP) is 3.57. The molecule has 2 aromatic rings. The Morgan fingerprint density at radius 3 is 2.62 bits per heavy atom. The minimum atomic E-state index is -0.245. The standard InChI is InChI=1S/C15H18BrN3O2/c1-8(2)10-6-12(9(3)5-13(10)20)18-15(21)14-11(16)7-17-19(14)4/h5-8,20H,1-4H3,(H,18,21). The van der Waals surface area contributed by atoms with Gasteiger partial charge in [-0.1, -0.05) is 13.8 Å². The molecule has 2 N–H and O–H groups in total. The van der Waals surface area contributed by atoms with Crippen LogP contribution in [0.3, 0.4) is 0 Å². The molecule has 1 heterocycles. The third-order valence-corrected chi connectivity index (χ3v) is 3.93. The van der Waals surface area contributed by atoms with E-state index in [0.717, 1.165) is 11.1 Å². The number of hydrogen-bond acceptors (Lipinski definition) is 3. The number of rotatable bonds is 3. The zero-order chi connectivity index (χ0) is 15.7. The van der Waals surface area contributed by atoms with Crippen LogP contribution in [0.25, 0.3) is 0 Å². The van der Waals surface area contributed by atoms with Gasteiger partial charge in [0.25, 0.3) is 5.91 Å². The quantitative estimate of drug-likeness (QED) is 0.830. The van der Waals surface area contributed by atoms with Crippen molar-refractivity contribution >= 4 is 27.5 Å². The van der Waals surface area contributed by atoms with Gasteiger partial charge in [-0.2, -0.15) is 5.10 Å². The average molecular weight is 352 g/mol. The zero-order valence-electron chi connectivity index (χ0n) is 12.4. The lowest BCUT2D eigenvalue weighted by Gasteiger charge is -2.14. The maximum absolute atomic E-state index is 12.4. The summed E-state index contributed by atoms with van der Waals surface area (Å²) in [4.78, 5) is 12.4. The molecule has 5 nitrogen and oxygen atoms in total. The predicted molar refractivity (Wildman–Crippen MR) is 85.8 cm³/mol. The lowest BCUT2D eigenvalue weighted by molar-refractivity contribution is 0.101. The van der Waals surface area contributed by atoms with Crippen LogP contribution in [-0.4, -0.2) is 20.8 Å². The number of carbonyl (C=O) groups is 1. The fraction of sp³-hybridized carbons (Fsp3) is 0.333. The van der Waals surface area contributed by atoms with Crippen molar-refractivity contribution in [2.45, 2.75) is 26.7 Å². The van der Waals surface area contributed by atoms with E-state index in [4.69, 9.17) is 0 Å². The molecule has 0 aliphatic rings. The van der Waals surface area contributed by atoms with E-state index < -0.39 is 0 Å². The third kappa shape index (κ3) is 3.10. The average Bonchev–Trinajstić information content (AvgIpc) is 2.71. The number of hydrogen-bond donors (Lipinski definition) is 2. The number of aromatic hydroxyl groups is 1. The summed E-state index contributed by atoms with van der Waals surface area (Å²) in [5, 5.41) is 16.9. The van der Waals surface area contributed by atoms with Gasteiger partial charge in [0, 0.05) is 12.7 Å². The van der Waals surface area contributed by atoms with E-state index in [1.54, 1.807) is 19.3 Å². The molecule has 6 heteroatoms. The molecule has 0 radical (unpaired) electrons. The van der Waals surface area contributed by atoms with Crippen LogP contribution in [0.4, 0.5) is 5.69 Å². The van der Waals surface area contributed by atoms with Crippen LogP contribution < -0.4 is 5.32 Å². The number of carbonyl (C=O) groups excluding carboxylic acids is 1. The molecule has 0 fully saturated rings. The minimum Gasteiger partial charge on any atom is -0.508 e. The van der Waals surface area contributed by atoms with Gasteiger partial charge < -0.3 is 10.4 Å². The highest BCUT2D eigenvalue weighted by atomic mass is 79.9. The number of halogens is 1. The van der Waals surface area contributed by atoms with Crippen LogP contribution >= 0.6 is 15.9 Å². The van der Waals surface area contributed by atoms with Crippen LogP contribution in [0.2, 0.25) is 0 Å². The Kier molecular flexibility index (Phi) is 4.37. The van der Waals surface area contributed by atoms with Crippen molar-refractivity contribution in [3.63, 3.8) is 0 Å². The van der Waals surface area contributed by atoms with Gasteiger partial charge in [0.1, 0.15) is 11.4 Å². The van der Waals surface area contributed by atoms with Crippen molar-refractivity contribution in [1.29, 1.82) is 0 Å². The largest absolute Gasteiger partial charge is 0.508 e. The summed E-state index contributed by atoms with van der Waals surface area (Å²) < 4.78 is 2.15. The van der Waals surface area contributed by atoms with E-state index in [9.17, 15) is 9.90 Å². The highest BCUT2D eigenvalue weighted by molar-refractivity contribution is 9.10. The molecule has 2 rings (SSSR count). The molecule has 1 aromatic heterocycles. The van der Waals surface area contributed by atoms with Crippen LogP contribution in [0, 0.1) is 6.92 Å². The smallest absolute Gasteiger partial charge is 0.275 e. The van der Waals surface area contributed by atoms with E-state index in [2.05, 4.69) is 26.3 Å². The Hall–Kier alpha value is -1.82. The van der Waals surface area contributed by atoms with Crippen molar-refractivity contribution in [2.24, 2.45) is 7.05 Å². The number of phenols is 1. The Morgan fingerprint density at radius 2 is 2.10 bits per heavy atom. The van der Waals surface area contributed by atoms with Gasteiger partial charge in [0.15, 0.2) is 0 Å². The van der Waals surface area contributed by atoms with Gasteiger partial charge >= 0.3 is 0 Å². The molecule has 0 saturated carbocycles. The summed E-state index contributed by atoms with van der Waals surface area (Å²) >= 11 is 3.31. The first-order valence-corrected chi connectivity index (χ1v) is 7.43. The van der Waals surface area contributed by atoms with E-state index in [1.807, 2.05) is 26.8 Å². The molecule has 21 heavy (non-hydrogen) atoms. The molecule has 1 amide bonds. The Labute approximate surface area is 132 Å². The van der Waals surface area contributed by atoms with Gasteiger partial charge in [-0.25, -0.2) is 0 Å². The van der Waals surface area contributed by atoms with Crippen molar-refractivity contribution in [1.82, 2.24) is 9.78 Å². The van der Waals surface area contributed by atoms with Gasteiger partial charge in [0.05, 0.1) is 10.7 Å². The fourth-order valence-corrected chi connectivity index (χ4v) is 2.68. The second-order valence-corrected chi connectivity index (χ2v) is 6.15. The fourth-order valence-electron chi connectivity index (χ4n) is 2.15. The van der Waals surface area contributed by atoms with Crippen LogP contribution in [0.1, 0.15) is 41.4 Å². The Balaban J connectivity index is 2.36. The van der Waals surface area contributed by atoms with Crippen LogP contribution in [0.15, 0.2) is 22.8 Å². The number of aromatic nitrogens is 2. The summed E-state index contributed by atoms with van der Waals surface area (Å²) in [6, 6.07) is 3.49. The molecule has 1 aromatic carbocycles. The van der Waals surface area contributed by atoms with Crippen LogP contribution in [-0.2, 0) is 7.05 Å². The molecular formula is C15H18BrN3O2. The topological polar surface area (TPSA) is 67.2 Å². The molecule has 0 atom stereocenters. The number of nitrogens with one attached hydrogen (secondary N) is 1. The van der Waals surface area contributed by atoms with E-state index >= 15 is 0 Å². The van der Waals surface area contributed by atoms with Crippen LogP contribution in [0.5, 0.6) is 5.75 Å². The third-order valence-electron chi connectivity index (χ3n) is 3.35. The SMILES string of the molecule is Cc1cc(O)c(C(C)C)cc1NC(=O)c1c(Br)cnn1C. The molecule has 112 valence electrons. The summed E-state index contributed by atoms with van der Waals surface area (Å²) in [5.41, 5.74) is 2.76. The lowest BCUT2D eigenvalue weighted by Crippen LogP contribution is -2.17. The monoisotopic (exact) mass is 351 g/mol. The second kappa shape index (κ2) is 5.89. The molecule has 0 spiro atoms. The lowest BCUT2D eigenvalue weighted by atomic mass is 9.99. The van der Waals surface area contributed by atoms with Gasteiger partial charge in [-0.3, -0.25) is 9.48 Å². The maximum Gasteiger partial charge on any atom is 0.275 e. The number of amides is 1. The number of phenolic OH excluding ortho intramolecular Hbond substituents is 1. The van der Waals surface area contributed by atoms with E-state index in [-0.39, 0.29) is 17.6 Å². The molecule has 0 unspecified atom stereocenters. The Bertz CT molecular complexity index is 673. The molecular weight excluding hydrogens is 334 g/mol. The van der Waals surface area contributed by atoms with Gasteiger partial charge in [-0.05, 0) is 52.0 Å². The van der Waals surface area contributed by atoms with Gasteiger partial charge in [-0.15, -0.1) is 0 Å². The van der Waals surface area contributed by atoms with E-state index in [1.165, 1.54) is 4.68 Å². The highest BCUT2D eigenvalue weighted by Crippen LogP contribution is 2.31. The van der Waals surface area contributed by atoms with Crippen molar-refractivity contribution in [3.05, 3.63) is 39.6 Å². The van der Waals surface area contributed by atoms with Crippen molar-refractivity contribution in [3.8, 4) is 5.75 Å². The summed E-state index contributed by atoms with van der Waals surface area (Å²) in [5.74, 6) is 0.178. The molecule has 0 aliphatic heterocycles. The van der Waals surface area contributed by atoms with Gasteiger partial charge in [0.2, 0.25) is 0 Å². The van der Waals surface area contributed by atoms with Crippen molar-refractivity contribution in [2.75, 3.05) is 5.32 Å². The summed E-state index contributed by atoms with van der Waals surface area (Å²) in [6.45, 7) is 5.83. The number of anilines is 1. The molecule has 0 bridgehead atoms. The molecule has 0 aliphatic carbocycles. The minimum absolute atomic E-state index is 0.171. The van der Waals surface area contributed by atoms with E-state index in [0.29, 0.717) is 15.9 Å². The normalized spacial score (nSPS) is 11.0. The first-order chi connectivity index (χ1) is 9.81. The maximum atomic E-state index is 12.4. The Morgan fingerprint density at radius 1 is 1.43 bits per heavy atom. The van der Waals surface area contributed by atoms with Crippen molar-refractivity contribution < 1.29 is 9.90 Å². The second-order valence-electron chi connectivity index (χ2n) is 5.30. The number of benzene rings is 1. The first-order valence-electron chi connectivity index (χ1n) is 6.63.